The van der Waals surface area contributed by atoms with Crippen LogP contribution in [0.1, 0.15) is 16.9 Å². The Labute approximate surface area is 134 Å². The molecule has 2 N–H and O–H groups in total. The minimum Gasteiger partial charge on any atom is -0.354 e. The van der Waals surface area contributed by atoms with Crippen molar-refractivity contribution < 1.29 is 9.18 Å². The third kappa shape index (κ3) is 5.63. The Hall–Kier alpha value is -2.54. The van der Waals surface area contributed by atoms with Crippen LogP contribution in [0, 0.1) is 5.82 Å². The van der Waals surface area contributed by atoms with E-state index >= 15 is 0 Å². The number of hydrogen-bond donors (Lipinski definition) is 2. The summed E-state index contributed by atoms with van der Waals surface area (Å²) in [4.78, 5) is 22.5. The average Bonchev–Trinajstić information content (AvgIpc) is 2.52. The number of benzene rings is 1. The van der Waals surface area contributed by atoms with Crippen LogP contribution in [-0.4, -0.2) is 48.0 Å². The molecule has 6 nitrogen and oxygen atoms in total. The molecule has 0 spiro atoms. The van der Waals surface area contributed by atoms with E-state index in [0.717, 1.165) is 13.0 Å². The lowest BCUT2D eigenvalue weighted by Gasteiger charge is -2.10. The van der Waals surface area contributed by atoms with E-state index in [0.29, 0.717) is 18.2 Å². The van der Waals surface area contributed by atoms with Crippen molar-refractivity contribution in [3.63, 3.8) is 0 Å². The number of hydrogen-bond acceptors (Lipinski definition) is 5. The fourth-order valence-electron chi connectivity index (χ4n) is 1.93. The molecule has 0 aliphatic heterocycles. The van der Waals surface area contributed by atoms with Crippen LogP contribution in [0.4, 0.5) is 16.0 Å². The van der Waals surface area contributed by atoms with Gasteiger partial charge in [0.05, 0.1) is 0 Å². The number of rotatable bonds is 7. The predicted octanol–water partition coefficient (Wildman–Crippen LogP) is 2.23. The van der Waals surface area contributed by atoms with Crippen molar-refractivity contribution in [2.24, 2.45) is 0 Å². The number of carbonyl (C=O) groups excluding carboxylic acids is 1. The van der Waals surface area contributed by atoms with Crippen molar-refractivity contribution in [1.29, 1.82) is 0 Å². The van der Waals surface area contributed by atoms with Crippen LogP contribution in [0.5, 0.6) is 0 Å². The zero-order chi connectivity index (χ0) is 16.7. The molecule has 2 aromatic rings. The first-order chi connectivity index (χ1) is 11.0. The van der Waals surface area contributed by atoms with E-state index in [-0.39, 0.29) is 5.69 Å². The molecule has 122 valence electrons. The average molecular weight is 317 g/mol. The number of nitrogens with one attached hydrogen (secondary N) is 2. The summed E-state index contributed by atoms with van der Waals surface area (Å²) in [5.41, 5.74) is 0.605. The summed E-state index contributed by atoms with van der Waals surface area (Å²) in [6.45, 7) is 1.67. The lowest BCUT2D eigenvalue weighted by molar-refractivity contribution is 0.102. The van der Waals surface area contributed by atoms with E-state index in [2.05, 4.69) is 25.5 Å². The molecule has 0 aliphatic carbocycles. The Morgan fingerprint density at radius 3 is 2.87 bits per heavy atom. The molecule has 1 amide bonds. The second-order valence-corrected chi connectivity index (χ2v) is 5.31. The Kier molecular flexibility index (Phi) is 5.99. The first-order valence-electron chi connectivity index (χ1n) is 7.33. The molecule has 0 atom stereocenters. The smallest absolute Gasteiger partial charge is 0.274 e. The summed E-state index contributed by atoms with van der Waals surface area (Å²) in [7, 11) is 4.02. The van der Waals surface area contributed by atoms with Crippen LogP contribution in [0.3, 0.4) is 0 Å². The minimum absolute atomic E-state index is 0.222. The van der Waals surface area contributed by atoms with Crippen molar-refractivity contribution in [2.75, 3.05) is 37.8 Å². The molecular weight excluding hydrogens is 297 g/mol. The van der Waals surface area contributed by atoms with Crippen LogP contribution in [0.25, 0.3) is 0 Å². The van der Waals surface area contributed by atoms with Gasteiger partial charge in [-0.05, 0) is 51.3 Å². The van der Waals surface area contributed by atoms with E-state index in [4.69, 9.17) is 0 Å². The standard InChI is InChI=1S/C16H20FN5O/c1-22(2)10-4-8-18-16-19-9-7-14(21-16)15(23)20-13-6-3-5-12(17)11-13/h3,5-7,9,11H,4,8,10H2,1-2H3,(H,20,23)(H,18,19,21). The van der Waals surface area contributed by atoms with E-state index in [1.54, 1.807) is 6.07 Å². The first-order valence-corrected chi connectivity index (χ1v) is 7.33. The molecular formula is C16H20FN5O. The second kappa shape index (κ2) is 8.19. The Balaban J connectivity index is 1.94. The normalized spacial score (nSPS) is 10.6. The van der Waals surface area contributed by atoms with Crippen LogP contribution in [0.15, 0.2) is 36.5 Å². The summed E-state index contributed by atoms with van der Waals surface area (Å²) in [6.07, 6.45) is 2.46. The third-order valence-electron chi connectivity index (χ3n) is 3.04. The van der Waals surface area contributed by atoms with Gasteiger partial charge in [-0.1, -0.05) is 6.07 Å². The second-order valence-electron chi connectivity index (χ2n) is 5.31. The number of halogens is 1. The highest BCUT2D eigenvalue weighted by Gasteiger charge is 2.09. The zero-order valence-electron chi connectivity index (χ0n) is 13.2. The molecule has 0 aliphatic rings. The quantitative estimate of drug-likeness (QED) is 0.766. The van der Waals surface area contributed by atoms with Gasteiger partial charge in [0.1, 0.15) is 11.5 Å². The van der Waals surface area contributed by atoms with E-state index in [1.807, 2.05) is 14.1 Å². The molecule has 0 radical (unpaired) electrons. The third-order valence-corrected chi connectivity index (χ3v) is 3.04. The molecule has 0 saturated heterocycles. The highest BCUT2D eigenvalue weighted by molar-refractivity contribution is 6.02. The van der Waals surface area contributed by atoms with Crippen LogP contribution < -0.4 is 10.6 Å². The largest absolute Gasteiger partial charge is 0.354 e. The monoisotopic (exact) mass is 317 g/mol. The molecule has 0 bridgehead atoms. The number of carbonyl (C=O) groups is 1. The fraction of sp³-hybridized carbons (Fsp3) is 0.312. The van der Waals surface area contributed by atoms with Gasteiger partial charge in [0.15, 0.2) is 0 Å². The Morgan fingerprint density at radius 2 is 2.13 bits per heavy atom. The van der Waals surface area contributed by atoms with Gasteiger partial charge in [0.2, 0.25) is 5.95 Å². The van der Waals surface area contributed by atoms with Gasteiger partial charge in [-0.2, -0.15) is 0 Å². The number of aromatic nitrogens is 2. The first kappa shape index (κ1) is 16.8. The molecule has 2 rings (SSSR count). The summed E-state index contributed by atoms with van der Waals surface area (Å²) >= 11 is 0. The highest BCUT2D eigenvalue weighted by Crippen LogP contribution is 2.11. The van der Waals surface area contributed by atoms with Gasteiger partial charge >= 0.3 is 0 Å². The maximum Gasteiger partial charge on any atom is 0.274 e. The number of nitrogens with zero attached hydrogens (tertiary/aromatic N) is 3. The molecule has 0 saturated carbocycles. The van der Waals surface area contributed by atoms with Crippen molar-refractivity contribution in [3.05, 3.63) is 48.0 Å². The maximum atomic E-state index is 13.1. The van der Waals surface area contributed by atoms with E-state index < -0.39 is 11.7 Å². The number of anilines is 2. The van der Waals surface area contributed by atoms with Crippen LogP contribution >= 0.6 is 0 Å². The van der Waals surface area contributed by atoms with Gasteiger partial charge in [-0.3, -0.25) is 4.79 Å². The maximum absolute atomic E-state index is 13.1. The Morgan fingerprint density at radius 1 is 1.30 bits per heavy atom. The van der Waals surface area contributed by atoms with Crippen LogP contribution in [-0.2, 0) is 0 Å². The van der Waals surface area contributed by atoms with Gasteiger partial charge < -0.3 is 15.5 Å². The lowest BCUT2D eigenvalue weighted by Crippen LogP contribution is -2.18. The summed E-state index contributed by atoms with van der Waals surface area (Å²) in [6, 6.07) is 7.22. The molecule has 0 fully saturated rings. The van der Waals surface area contributed by atoms with Gasteiger partial charge in [0, 0.05) is 18.4 Å². The van der Waals surface area contributed by atoms with Crippen molar-refractivity contribution in [3.8, 4) is 0 Å². The summed E-state index contributed by atoms with van der Waals surface area (Å²) in [5.74, 6) is -0.418. The molecule has 1 heterocycles. The minimum atomic E-state index is -0.409. The zero-order valence-corrected chi connectivity index (χ0v) is 13.2. The molecule has 0 unspecified atom stereocenters. The summed E-state index contributed by atoms with van der Waals surface area (Å²) < 4.78 is 13.1. The van der Waals surface area contributed by atoms with E-state index in [1.165, 1.54) is 30.5 Å². The molecule has 23 heavy (non-hydrogen) atoms. The van der Waals surface area contributed by atoms with Gasteiger partial charge in [-0.15, -0.1) is 0 Å². The molecule has 1 aromatic heterocycles. The molecule has 1 aromatic carbocycles. The van der Waals surface area contributed by atoms with Gasteiger partial charge in [0.25, 0.3) is 5.91 Å². The molecule has 7 heteroatoms. The van der Waals surface area contributed by atoms with Crippen molar-refractivity contribution in [1.82, 2.24) is 14.9 Å². The highest BCUT2D eigenvalue weighted by atomic mass is 19.1. The topological polar surface area (TPSA) is 70.2 Å². The van der Waals surface area contributed by atoms with Crippen molar-refractivity contribution >= 4 is 17.5 Å². The van der Waals surface area contributed by atoms with Crippen LogP contribution in [0.2, 0.25) is 0 Å². The summed E-state index contributed by atoms with van der Waals surface area (Å²) in [5, 5.41) is 5.68. The SMILES string of the molecule is CN(C)CCCNc1nccc(C(=O)Nc2cccc(F)c2)n1. The van der Waals surface area contributed by atoms with E-state index in [9.17, 15) is 9.18 Å². The predicted molar refractivity (Wildman–Crippen MR) is 88.0 cm³/mol. The lowest BCUT2D eigenvalue weighted by atomic mass is 10.3. The Bertz CT molecular complexity index is 662. The number of amides is 1. The van der Waals surface area contributed by atoms with Crippen molar-refractivity contribution in [2.45, 2.75) is 6.42 Å². The van der Waals surface area contributed by atoms with Gasteiger partial charge in [-0.25, -0.2) is 14.4 Å². The fourth-order valence-corrected chi connectivity index (χ4v) is 1.93.